The molecule has 0 unspecified atom stereocenters. The third-order valence-electron chi connectivity index (χ3n) is 4.53. The van der Waals surface area contributed by atoms with Crippen LogP contribution < -0.4 is 0 Å². The fourth-order valence-corrected chi connectivity index (χ4v) is 3.67. The first-order chi connectivity index (χ1) is 11.4. The molecule has 0 spiro atoms. The lowest BCUT2D eigenvalue weighted by atomic mass is 9.93. The molecule has 0 N–H and O–H groups in total. The van der Waals surface area contributed by atoms with Crippen LogP contribution in [0.25, 0.3) is 21.5 Å². The molecule has 0 bridgehead atoms. The zero-order valence-electron chi connectivity index (χ0n) is 12.8. The molecule has 0 aromatic heterocycles. The molecule has 23 heavy (non-hydrogen) atoms. The van der Waals surface area contributed by atoms with Gasteiger partial charge in [0.15, 0.2) is 0 Å². The van der Waals surface area contributed by atoms with E-state index in [2.05, 4.69) is 78.9 Å². The number of hydrogen-bond acceptors (Lipinski definition) is 0. The second-order valence-electron chi connectivity index (χ2n) is 5.87. The first kappa shape index (κ1) is 14.3. The number of halogens is 1. The zero-order chi connectivity index (χ0) is 15.6. The van der Waals surface area contributed by atoms with Crippen LogP contribution in [0.1, 0.15) is 16.7 Å². The Bertz CT molecular complexity index is 980. The molecule has 4 aromatic carbocycles. The van der Waals surface area contributed by atoms with Crippen molar-refractivity contribution in [3.63, 3.8) is 0 Å². The highest BCUT2D eigenvalue weighted by Crippen LogP contribution is 2.28. The molecule has 0 heterocycles. The van der Waals surface area contributed by atoms with Gasteiger partial charge in [0.1, 0.15) is 0 Å². The number of hydrogen-bond donors (Lipinski definition) is 0. The van der Waals surface area contributed by atoms with Crippen molar-refractivity contribution in [1.29, 1.82) is 0 Å². The van der Waals surface area contributed by atoms with Gasteiger partial charge in [-0.1, -0.05) is 78.9 Å². The van der Waals surface area contributed by atoms with Crippen molar-refractivity contribution in [2.24, 2.45) is 0 Å². The number of fused-ring (bicyclic) bond motifs is 2. The molecular weight excluding hydrogens is 300 g/mol. The topological polar surface area (TPSA) is 0 Å². The van der Waals surface area contributed by atoms with Crippen LogP contribution in [0, 0.1) is 0 Å². The highest BCUT2D eigenvalue weighted by Gasteiger charge is 2.09. The molecule has 0 amide bonds. The van der Waals surface area contributed by atoms with Crippen LogP contribution in [-0.2, 0) is 12.3 Å². The summed E-state index contributed by atoms with van der Waals surface area (Å²) in [5.41, 5.74) is 3.91. The minimum Gasteiger partial charge on any atom is -0.122 e. The lowest BCUT2D eigenvalue weighted by molar-refractivity contribution is 1.17. The molecule has 0 fully saturated rings. The van der Waals surface area contributed by atoms with Crippen molar-refractivity contribution in [3.05, 3.63) is 95.6 Å². The van der Waals surface area contributed by atoms with Crippen molar-refractivity contribution in [1.82, 2.24) is 0 Å². The van der Waals surface area contributed by atoms with Gasteiger partial charge >= 0.3 is 0 Å². The van der Waals surface area contributed by atoms with Crippen LogP contribution >= 0.6 is 11.6 Å². The summed E-state index contributed by atoms with van der Waals surface area (Å²) in [6.45, 7) is 0. The van der Waals surface area contributed by atoms with Gasteiger partial charge < -0.3 is 0 Å². The van der Waals surface area contributed by atoms with Gasteiger partial charge in [-0.15, -0.1) is 11.6 Å². The largest absolute Gasteiger partial charge is 0.122 e. The molecule has 0 saturated carbocycles. The molecule has 0 aliphatic heterocycles. The summed E-state index contributed by atoms with van der Waals surface area (Å²) in [6, 6.07) is 28.0. The predicted molar refractivity (Wildman–Crippen MR) is 100 cm³/mol. The van der Waals surface area contributed by atoms with Crippen molar-refractivity contribution < 1.29 is 0 Å². The summed E-state index contributed by atoms with van der Waals surface area (Å²) in [5, 5.41) is 5.13. The van der Waals surface area contributed by atoms with Crippen LogP contribution in [0.3, 0.4) is 0 Å². The summed E-state index contributed by atoms with van der Waals surface area (Å²) < 4.78 is 0. The van der Waals surface area contributed by atoms with E-state index in [9.17, 15) is 0 Å². The molecule has 4 rings (SSSR count). The summed E-state index contributed by atoms with van der Waals surface area (Å²) in [6.07, 6.45) is 0.911. The monoisotopic (exact) mass is 316 g/mol. The fraction of sp³-hybridized carbons (Fsp3) is 0.0909. The molecular formula is C22H17Cl. The van der Waals surface area contributed by atoms with Gasteiger partial charge in [-0.2, -0.15) is 0 Å². The van der Waals surface area contributed by atoms with E-state index in [1.54, 1.807) is 0 Å². The number of rotatable bonds is 3. The van der Waals surface area contributed by atoms with Gasteiger partial charge in [0.05, 0.1) is 0 Å². The molecule has 0 saturated heterocycles. The van der Waals surface area contributed by atoms with Crippen LogP contribution in [0.5, 0.6) is 0 Å². The molecule has 4 aromatic rings. The Morgan fingerprint density at radius 3 is 2.00 bits per heavy atom. The smallest absolute Gasteiger partial charge is 0.0483 e. The first-order valence-electron chi connectivity index (χ1n) is 7.89. The van der Waals surface area contributed by atoms with Gasteiger partial charge in [-0.3, -0.25) is 0 Å². The molecule has 112 valence electrons. The molecule has 0 radical (unpaired) electrons. The van der Waals surface area contributed by atoms with E-state index >= 15 is 0 Å². The van der Waals surface area contributed by atoms with Crippen LogP contribution in [0.4, 0.5) is 0 Å². The van der Waals surface area contributed by atoms with Gasteiger partial charge in [0.25, 0.3) is 0 Å². The highest BCUT2D eigenvalue weighted by molar-refractivity contribution is 6.18. The maximum Gasteiger partial charge on any atom is 0.0483 e. The third kappa shape index (κ3) is 2.60. The lowest BCUT2D eigenvalue weighted by Crippen LogP contribution is -1.96. The van der Waals surface area contributed by atoms with E-state index in [1.165, 1.54) is 38.2 Å². The van der Waals surface area contributed by atoms with E-state index in [-0.39, 0.29) is 0 Å². The minimum atomic E-state index is 0.543. The summed E-state index contributed by atoms with van der Waals surface area (Å²) in [5.74, 6) is 0.543. The van der Waals surface area contributed by atoms with Crippen LogP contribution in [0.15, 0.2) is 78.9 Å². The first-order valence-corrected chi connectivity index (χ1v) is 8.42. The predicted octanol–water partition coefficient (Wildman–Crippen LogP) is 6.32. The normalized spacial score (nSPS) is 11.2. The van der Waals surface area contributed by atoms with Crippen molar-refractivity contribution >= 4 is 33.1 Å². The van der Waals surface area contributed by atoms with Gasteiger partial charge in [0.2, 0.25) is 0 Å². The van der Waals surface area contributed by atoms with Gasteiger partial charge in [-0.25, -0.2) is 0 Å². The Morgan fingerprint density at radius 1 is 0.565 bits per heavy atom. The van der Waals surface area contributed by atoms with E-state index in [1.807, 2.05) is 0 Å². The van der Waals surface area contributed by atoms with Gasteiger partial charge in [0, 0.05) is 5.88 Å². The third-order valence-corrected chi connectivity index (χ3v) is 4.80. The van der Waals surface area contributed by atoms with Crippen LogP contribution in [-0.4, -0.2) is 0 Å². The van der Waals surface area contributed by atoms with Gasteiger partial charge in [-0.05, 0) is 44.7 Å². The minimum absolute atomic E-state index is 0.543. The molecule has 0 aliphatic rings. The Kier molecular flexibility index (Phi) is 3.77. The highest BCUT2D eigenvalue weighted by atomic mass is 35.5. The lowest BCUT2D eigenvalue weighted by Gasteiger charge is -2.13. The Labute approximate surface area is 141 Å². The Morgan fingerprint density at radius 2 is 1.22 bits per heavy atom. The second-order valence-corrected chi connectivity index (χ2v) is 6.14. The second kappa shape index (κ2) is 6.06. The van der Waals surface area contributed by atoms with Crippen molar-refractivity contribution in [2.45, 2.75) is 12.3 Å². The molecule has 0 nitrogen and oxygen atoms in total. The van der Waals surface area contributed by atoms with E-state index in [0.29, 0.717) is 5.88 Å². The van der Waals surface area contributed by atoms with E-state index in [0.717, 1.165) is 6.42 Å². The molecule has 0 atom stereocenters. The standard InChI is InChI=1S/C22H17Cl/c23-15-22-19(13-12-17-7-2-4-11-21(17)22)14-18-9-5-8-16-6-1-3-10-20(16)18/h1-13H,14-15H2. The Hall–Kier alpha value is -2.31. The van der Waals surface area contributed by atoms with Crippen molar-refractivity contribution in [3.8, 4) is 0 Å². The summed E-state index contributed by atoms with van der Waals surface area (Å²) in [4.78, 5) is 0. The molecule has 0 aliphatic carbocycles. The fourth-order valence-electron chi connectivity index (χ4n) is 3.36. The average molecular weight is 317 g/mol. The van der Waals surface area contributed by atoms with Crippen molar-refractivity contribution in [2.75, 3.05) is 0 Å². The Balaban J connectivity index is 1.86. The molecule has 1 heteroatoms. The number of alkyl halides is 1. The van der Waals surface area contributed by atoms with E-state index < -0.39 is 0 Å². The SMILES string of the molecule is ClCc1c(Cc2cccc3ccccc23)ccc2ccccc12. The van der Waals surface area contributed by atoms with Crippen LogP contribution in [0.2, 0.25) is 0 Å². The average Bonchev–Trinajstić information content (AvgIpc) is 2.62. The summed E-state index contributed by atoms with van der Waals surface area (Å²) in [7, 11) is 0. The quantitative estimate of drug-likeness (QED) is 0.388. The van der Waals surface area contributed by atoms with E-state index in [4.69, 9.17) is 11.6 Å². The maximum absolute atomic E-state index is 6.30. The zero-order valence-corrected chi connectivity index (χ0v) is 13.6. The maximum atomic E-state index is 6.30. The number of benzene rings is 4. The summed E-state index contributed by atoms with van der Waals surface area (Å²) >= 11 is 6.30.